The topological polar surface area (TPSA) is 46.8 Å². The molecule has 0 radical (unpaired) electrons. The predicted molar refractivity (Wildman–Crippen MR) is 97.6 cm³/mol. The zero-order valence-corrected chi connectivity index (χ0v) is 14.5. The van der Waals surface area contributed by atoms with E-state index in [1.807, 2.05) is 17.0 Å². The van der Waals surface area contributed by atoms with E-state index in [1.54, 1.807) is 18.7 Å². The van der Waals surface area contributed by atoms with Gasteiger partial charge in [0.2, 0.25) is 0 Å². The minimum atomic E-state index is 0.439. The van der Waals surface area contributed by atoms with Crippen molar-refractivity contribution >= 4 is 0 Å². The van der Waals surface area contributed by atoms with Gasteiger partial charge in [-0.15, -0.1) is 0 Å². The van der Waals surface area contributed by atoms with Gasteiger partial charge in [0.25, 0.3) is 0 Å². The Labute approximate surface area is 148 Å². The number of rotatable bonds is 4. The van der Waals surface area contributed by atoms with Crippen molar-refractivity contribution in [3.8, 4) is 5.82 Å². The highest BCUT2D eigenvalue weighted by Crippen LogP contribution is 2.26. The fourth-order valence-corrected chi connectivity index (χ4v) is 3.60. The average Bonchev–Trinajstić information content (AvgIpc) is 3.17. The second-order valence-corrected chi connectivity index (χ2v) is 6.84. The Morgan fingerprint density at radius 1 is 1.20 bits per heavy atom. The van der Waals surface area contributed by atoms with Gasteiger partial charge >= 0.3 is 0 Å². The first-order valence-electron chi connectivity index (χ1n) is 8.86. The van der Waals surface area contributed by atoms with Crippen LogP contribution in [0.2, 0.25) is 0 Å². The van der Waals surface area contributed by atoms with Crippen LogP contribution in [0, 0.1) is 6.92 Å². The maximum absolute atomic E-state index is 4.83. The molecule has 0 saturated carbocycles. The molecule has 0 N–H and O–H groups in total. The van der Waals surface area contributed by atoms with Gasteiger partial charge in [0.1, 0.15) is 6.33 Å². The van der Waals surface area contributed by atoms with Gasteiger partial charge in [-0.3, -0.25) is 14.5 Å². The van der Waals surface area contributed by atoms with Crippen molar-refractivity contribution in [2.75, 3.05) is 13.1 Å². The van der Waals surface area contributed by atoms with Gasteiger partial charge in [0, 0.05) is 37.6 Å². The van der Waals surface area contributed by atoms with E-state index in [2.05, 4.69) is 46.1 Å². The minimum absolute atomic E-state index is 0.439. The van der Waals surface area contributed by atoms with Crippen LogP contribution >= 0.6 is 0 Å². The number of aryl methyl sites for hydroxylation is 1. The van der Waals surface area contributed by atoms with Crippen LogP contribution < -0.4 is 0 Å². The molecule has 1 saturated heterocycles. The number of nitrogens with zero attached hydrogens (tertiary/aromatic N) is 5. The summed E-state index contributed by atoms with van der Waals surface area (Å²) in [5.74, 6) is 1.28. The molecule has 0 amide bonds. The van der Waals surface area contributed by atoms with Gasteiger partial charge in [-0.2, -0.15) is 0 Å². The molecule has 1 atom stereocenters. The molecular formula is C20H23N5. The number of hydrogen-bond acceptors (Lipinski definition) is 4. The third-order valence-electron chi connectivity index (χ3n) is 4.82. The molecule has 0 bridgehead atoms. The molecule has 2 aromatic heterocycles. The molecule has 1 fully saturated rings. The summed E-state index contributed by atoms with van der Waals surface area (Å²) >= 11 is 0. The van der Waals surface area contributed by atoms with E-state index in [0.29, 0.717) is 5.92 Å². The van der Waals surface area contributed by atoms with Crippen molar-refractivity contribution in [3.63, 3.8) is 0 Å². The Morgan fingerprint density at radius 2 is 2.16 bits per heavy atom. The highest BCUT2D eigenvalue weighted by molar-refractivity contribution is 5.23. The van der Waals surface area contributed by atoms with Crippen LogP contribution in [0.5, 0.6) is 0 Å². The lowest BCUT2D eigenvalue weighted by molar-refractivity contribution is 0.198. The smallest absolute Gasteiger partial charge is 0.156 e. The zero-order valence-electron chi connectivity index (χ0n) is 14.5. The standard InChI is InChI=1S/C20H23N5/c1-16-4-2-5-17(10-16)13-24-8-3-6-18(14-24)19-11-22-12-20(23-19)25-9-7-21-15-25/h2,4-5,7,9-12,15,18H,3,6,8,13-14H2,1H3/t18-/m1/s1. The summed E-state index contributed by atoms with van der Waals surface area (Å²) in [6.45, 7) is 5.35. The zero-order chi connectivity index (χ0) is 17.1. The number of hydrogen-bond donors (Lipinski definition) is 0. The second kappa shape index (κ2) is 7.15. The lowest BCUT2D eigenvalue weighted by atomic mass is 9.94. The van der Waals surface area contributed by atoms with Crippen LogP contribution in [0.3, 0.4) is 0 Å². The molecule has 25 heavy (non-hydrogen) atoms. The van der Waals surface area contributed by atoms with E-state index in [4.69, 9.17) is 4.98 Å². The van der Waals surface area contributed by atoms with E-state index in [0.717, 1.165) is 31.1 Å². The molecule has 5 heteroatoms. The molecule has 0 spiro atoms. The molecule has 0 unspecified atom stereocenters. The summed E-state index contributed by atoms with van der Waals surface area (Å²) in [5.41, 5.74) is 3.80. The molecule has 0 aliphatic carbocycles. The first-order valence-corrected chi connectivity index (χ1v) is 8.86. The molecule has 128 valence electrons. The molecule has 3 heterocycles. The monoisotopic (exact) mass is 333 g/mol. The molecule has 1 aliphatic rings. The maximum atomic E-state index is 4.83. The highest BCUT2D eigenvalue weighted by atomic mass is 15.1. The number of aromatic nitrogens is 4. The van der Waals surface area contributed by atoms with Crippen LogP contribution in [0.4, 0.5) is 0 Å². The van der Waals surface area contributed by atoms with Gasteiger partial charge in [-0.25, -0.2) is 9.97 Å². The Bertz CT molecular complexity index is 828. The van der Waals surface area contributed by atoms with Crippen molar-refractivity contribution in [1.29, 1.82) is 0 Å². The predicted octanol–water partition coefficient (Wildman–Crippen LogP) is 3.35. The Kier molecular flexibility index (Phi) is 4.57. The summed E-state index contributed by atoms with van der Waals surface area (Å²) in [6.07, 6.45) is 11.5. The fraction of sp³-hybridized carbons (Fsp3) is 0.350. The number of benzene rings is 1. The molecule has 5 nitrogen and oxygen atoms in total. The fourth-order valence-electron chi connectivity index (χ4n) is 3.60. The van der Waals surface area contributed by atoms with Gasteiger partial charge in [0.15, 0.2) is 5.82 Å². The van der Waals surface area contributed by atoms with Crippen LogP contribution in [-0.2, 0) is 6.54 Å². The normalized spacial score (nSPS) is 18.4. The third kappa shape index (κ3) is 3.77. The van der Waals surface area contributed by atoms with Crippen LogP contribution in [-0.4, -0.2) is 37.5 Å². The van der Waals surface area contributed by atoms with Gasteiger partial charge in [-0.05, 0) is 31.9 Å². The van der Waals surface area contributed by atoms with Crippen LogP contribution in [0.15, 0.2) is 55.4 Å². The largest absolute Gasteiger partial charge is 0.298 e. The second-order valence-electron chi connectivity index (χ2n) is 6.84. The minimum Gasteiger partial charge on any atom is -0.298 e. The number of piperidine rings is 1. The quantitative estimate of drug-likeness (QED) is 0.734. The van der Waals surface area contributed by atoms with E-state index in [1.165, 1.54) is 24.0 Å². The maximum Gasteiger partial charge on any atom is 0.156 e. The number of imidazole rings is 1. The Balaban J connectivity index is 1.49. The van der Waals surface area contributed by atoms with Gasteiger partial charge in [-0.1, -0.05) is 29.8 Å². The third-order valence-corrected chi connectivity index (χ3v) is 4.82. The first kappa shape index (κ1) is 16.0. The van der Waals surface area contributed by atoms with E-state index >= 15 is 0 Å². The Morgan fingerprint density at radius 3 is 3.00 bits per heavy atom. The Hall–Kier alpha value is -2.53. The summed E-state index contributed by atoms with van der Waals surface area (Å²) in [5, 5.41) is 0. The van der Waals surface area contributed by atoms with E-state index in [-0.39, 0.29) is 0 Å². The summed E-state index contributed by atoms with van der Waals surface area (Å²) in [7, 11) is 0. The lowest BCUT2D eigenvalue weighted by Crippen LogP contribution is -2.34. The highest BCUT2D eigenvalue weighted by Gasteiger charge is 2.23. The SMILES string of the molecule is Cc1cccc(CN2CCC[C@@H](c3cncc(-n4ccnc4)n3)C2)c1. The molecule has 3 aromatic rings. The molecule has 1 aromatic carbocycles. The summed E-state index contributed by atoms with van der Waals surface area (Å²) in [4.78, 5) is 15.9. The average molecular weight is 333 g/mol. The summed E-state index contributed by atoms with van der Waals surface area (Å²) < 4.78 is 1.91. The van der Waals surface area contributed by atoms with E-state index < -0.39 is 0 Å². The van der Waals surface area contributed by atoms with Crippen LogP contribution in [0.1, 0.15) is 35.6 Å². The van der Waals surface area contributed by atoms with Crippen molar-refractivity contribution < 1.29 is 0 Å². The van der Waals surface area contributed by atoms with Crippen molar-refractivity contribution in [1.82, 2.24) is 24.4 Å². The summed E-state index contributed by atoms with van der Waals surface area (Å²) in [6, 6.07) is 8.80. The van der Waals surface area contributed by atoms with Crippen molar-refractivity contribution in [2.24, 2.45) is 0 Å². The lowest BCUT2D eigenvalue weighted by Gasteiger charge is -2.32. The number of likely N-dealkylation sites (tertiary alicyclic amines) is 1. The van der Waals surface area contributed by atoms with Crippen molar-refractivity contribution in [3.05, 3.63) is 72.2 Å². The molecular weight excluding hydrogens is 310 g/mol. The van der Waals surface area contributed by atoms with E-state index in [9.17, 15) is 0 Å². The van der Waals surface area contributed by atoms with Gasteiger partial charge < -0.3 is 0 Å². The first-order chi connectivity index (χ1) is 12.3. The van der Waals surface area contributed by atoms with Gasteiger partial charge in [0.05, 0.1) is 11.9 Å². The molecule has 1 aliphatic heterocycles. The van der Waals surface area contributed by atoms with Crippen LogP contribution in [0.25, 0.3) is 5.82 Å². The van der Waals surface area contributed by atoms with Crippen molar-refractivity contribution in [2.45, 2.75) is 32.2 Å². The molecule has 4 rings (SSSR count).